The van der Waals surface area contributed by atoms with E-state index in [2.05, 4.69) is 20.2 Å². The molecule has 1 amide bonds. The predicted octanol–water partition coefficient (Wildman–Crippen LogP) is 0.217. The van der Waals surface area contributed by atoms with E-state index < -0.39 is 10.0 Å². The number of H-pyrrole nitrogens is 1. The molecular weight excluding hydrogens is 282 g/mol. The number of sulfonamides is 1. The molecule has 0 atom stereocenters. The Morgan fingerprint density at radius 2 is 2.15 bits per heavy atom. The van der Waals surface area contributed by atoms with E-state index in [4.69, 9.17) is 0 Å². The topological polar surface area (TPSA) is 109 Å². The minimum Gasteiger partial charge on any atom is -0.354 e. The van der Waals surface area contributed by atoms with Crippen LogP contribution in [0.3, 0.4) is 0 Å². The van der Waals surface area contributed by atoms with Gasteiger partial charge in [-0.1, -0.05) is 0 Å². The monoisotopic (exact) mass is 297 g/mol. The third kappa shape index (κ3) is 2.52. The second kappa shape index (κ2) is 5.00. The van der Waals surface area contributed by atoms with Crippen LogP contribution in [0.1, 0.15) is 16.1 Å². The van der Waals surface area contributed by atoms with Crippen molar-refractivity contribution in [3.05, 3.63) is 29.7 Å². The van der Waals surface area contributed by atoms with E-state index in [0.717, 1.165) is 0 Å². The van der Waals surface area contributed by atoms with Gasteiger partial charge in [0.25, 0.3) is 15.9 Å². The Morgan fingerprint density at radius 3 is 2.70 bits per heavy atom. The minimum atomic E-state index is -3.77. The van der Waals surface area contributed by atoms with Gasteiger partial charge in [-0.3, -0.25) is 14.6 Å². The lowest BCUT2D eigenvalue weighted by molar-refractivity contribution is 0.0955. The molecule has 20 heavy (non-hydrogen) atoms. The average molecular weight is 297 g/mol. The smallest absolute Gasteiger partial charge is 0.267 e. The van der Waals surface area contributed by atoms with Crippen LogP contribution in [0.5, 0.6) is 0 Å². The summed E-state index contributed by atoms with van der Waals surface area (Å²) >= 11 is 0. The van der Waals surface area contributed by atoms with Gasteiger partial charge in [-0.05, 0) is 13.0 Å². The van der Waals surface area contributed by atoms with Gasteiger partial charge < -0.3 is 9.88 Å². The molecule has 9 heteroatoms. The summed E-state index contributed by atoms with van der Waals surface area (Å²) in [5.74, 6) is -0.0537. The molecule has 0 radical (unpaired) electrons. The summed E-state index contributed by atoms with van der Waals surface area (Å²) < 4.78 is 28.3. The second-order valence-electron chi connectivity index (χ2n) is 4.28. The zero-order chi connectivity index (χ0) is 14.9. The number of aromatic nitrogens is 3. The Morgan fingerprint density at radius 1 is 1.45 bits per heavy atom. The van der Waals surface area contributed by atoms with E-state index in [9.17, 15) is 13.2 Å². The number of hydrogen-bond donors (Lipinski definition) is 3. The number of nitrogens with one attached hydrogen (secondary N) is 3. The number of aryl methyl sites for hydroxylation is 2. The number of hydrogen-bond acceptors (Lipinski definition) is 4. The number of amides is 1. The summed E-state index contributed by atoms with van der Waals surface area (Å²) in [4.78, 5) is 11.6. The molecular formula is C11H15N5O3S. The molecule has 0 aliphatic heterocycles. The number of carbonyl (C=O) groups is 1. The zero-order valence-electron chi connectivity index (χ0n) is 11.3. The molecule has 3 N–H and O–H groups in total. The average Bonchev–Trinajstić information content (AvgIpc) is 2.96. The first-order chi connectivity index (χ1) is 9.35. The van der Waals surface area contributed by atoms with Gasteiger partial charge in [-0.15, -0.1) is 0 Å². The lowest BCUT2D eigenvalue weighted by atomic mass is 10.4. The van der Waals surface area contributed by atoms with Crippen LogP contribution >= 0.6 is 0 Å². The van der Waals surface area contributed by atoms with Crippen LogP contribution in [-0.4, -0.2) is 36.1 Å². The first kappa shape index (κ1) is 14.1. The Bertz CT molecular complexity index is 744. The van der Waals surface area contributed by atoms with Crippen molar-refractivity contribution < 1.29 is 13.2 Å². The van der Waals surface area contributed by atoms with Gasteiger partial charge in [-0.25, -0.2) is 8.42 Å². The van der Waals surface area contributed by atoms with Crippen molar-refractivity contribution in [2.24, 2.45) is 7.05 Å². The van der Waals surface area contributed by atoms with Crippen molar-refractivity contribution in [1.29, 1.82) is 0 Å². The van der Waals surface area contributed by atoms with Crippen LogP contribution in [0.15, 0.2) is 23.4 Å². The van der Waals surface area contributed by atoms with Crippen LogP contribution in [0.4, 0.5) is 5.82 Å². The highest BCUT2D eigenvalue weighted by Crippen LogP contribution is 2.18. The van der Waals surface area contributed by atoms with Gasteiger partial charge in [0.05, 0.1) is 6.20 Å². The number of anilines is 1. The molecule has 2 aromatic rings. The minimum absolute atomic E-state index is 0.00704. The van der Waals surface area contributed by atoms with Crippen molar-refractivity contribution in [3.63, 3.8) is 0 Å². The van der Waals surface area contributed by atoms with Crippen LogP contribution in [0, 0.1) is 6.92 Å². The largest absolute Gasteiger partial charge is 0.354 e. The molecule has 108 valence electrons. The quantitative estimate of drug-likeness (QED) is 0.749. The molecule has 0 unspecified atom stereocenters. The van der Waals surface area contributed by atoms with Crippen molar-refractivity contribution in [3.8, 4) is 0 Å². The van der Waals surface area contributed by atoms with E-state index in [1.807, 2.05) is 0 Å². The van der Waals surface area contributed by atoms with E-state index in [0.29, 0.717) is 11.4 Å². The van der Waals surface area contributed by atoms with Crippen molar-refractivity contribution in [2.45, 2.75) is 11.8 Å². The number of aromatic amines is 1. The van der Waals surface area contributed by atoms with Crippen molar-refractivity contribution >= 4 is 21.7 Å². The maximum Gasteiger partial charge on any atom is 0.267 e. The molecule has 0 aliphatic rings. The molecule has 2 rings (SSSR count). The standard InChI is InChI=1S/C11H15N5O3S/c1-7-5-13-14-10(7)15-20(18,19)8-4-9(11(17)12-2)16(3)6-8/h4-6H,1-3H3,(H,12,17)(H2,13,14,15). The molecule has 2 heterocycles. The second-order valence-corrected chi connectivity index (χ2v) is 5.97. The highest BCUT2D eigenvalue weighted by Gasteiger charge is 2.21. The summed E-state index contributed by atoms with van der Waals surface area (Å²) in [6.07, 6.45) is 2.89. The molecule has 0 fully saturated rings. The lowest BCUT2D eigenvalue weighted by Crippen LogP contribution is -2.20. The first-order valence-corrected chi connectivity index (χ1v) is 7.24. The molecule has 0 saturated heterocycles. The highest BCUT2D eigenvalue weighted by atomic mass is 32.2. The molecule has 2 aromatic heterocycles. The molecule has 0 aromatic carbocycles. The van der Waals surface area contributed by atoms with Gasteiger partial charge in [0.15, 0.2) is 0 Å². The van der Waals surface area contributed by atoms with Crippen LogP contribution < -0.4 is 10.0 Å². The number of rotatable bonds is 4. The van der Waals surface area contributed by atoms with E-state index in [1.54, 1.807) is 14.0 Å². The normalized spacial score (nSPS) is 11.3. The van der Waals surface area contributed by atoms with Crippen LogP contribution in [-0.2, 0) is 17.1 Å². The van der Waals surface area contributed by atoms with Crippen LogP contribution in [0.25, 0.3) is 0 Å². The highest BCUT2D eigenvalue weighted by molar-refractivity contribution is 7.92. The third-order valence-electron chi connectivity index (χ3n) is 2.82. The van der Waals surface area contributed by atoms with Gasteiger partial charge in [0.1, 0.15) is 16.4 Å². The van der Waals surface area contributed by atoms with Gasteiger partial charge in [0.2, 0.25) is 0 Å². The third-order valence-corrected chi connectivity index (χ3v) is 4.13. The molecule has 0 bridgehead atoms. The summed E-state index contributed by atoms with van der Waals surface area (Å²) in [5, 5.41) is 8.75. The molecule has 0 spiro atoms. The summed E-state index contributed by atoms with van der Waals surface area (Å²) in [5.41, 5.74) is 0.935. The SMILES string of the molecule is CNC(=O)c1cc(S(=O)(=O)Nc2[nH]ncc2C)cn1C. The van der Waals surface area contributed by atoms with E-state index in [1.165, 1.54) is 30.1 Å². The molecule has 0 saturated carbocycles. The Balaban J connectivity index is 2.36. The summed E-state index contributed by atoms with van der Waals surface area (Å²) in [7, 11) is -0.687. The zero-order valence-corrected chi connectivity index (χ0v) is 12.1. The van der Waals surface area contributed by atoms with Gasteiger partial charge in [-0.2, -0.15) is 5.10 Å². The first-order valence-electron chi connectivity index (χ1n) is 5.76. The number of carbonyl (C=O) groups excluding carboxylic acids is 1. The predicted molar refractivity (Wildman–Crippen MR) is 72.9 cm³/mol. The van der Waals surface area contributed by atoms with E-state index >= 15 is 0 Å². The summed E-state index contributed by atoms with van der Waals surface area (Å²) in [6.45, 7) is 1.72. The Hall–Kier alpha value is -2.29. The number of nitrogens with zero attached hydrogens (tertiary/aromatic N) is 2. The van der Waals surface area contributed by atoms with Gasteiger partial charge >= 0.3 is 0 Å². The van der Waals surface area contributed by atoms with Crippen LogP contribution in [0.2, 0.25) is 0 Å². The Labute approximate surface area is 116 Å². The maximum atomic E-state index is 12.2. The lowest BCUT2D eigenvalue weighted by Gasteiger charge is -2.04. The molecule has 8 nitrogen and oxygen atoms in total. The van der Waals surface area contributed by atoms with Crippen molar-refractivity contribution in [2.75, 3.05) is 11.8 Å². The Kier molecular flexibility index (Phi) is 3.53. The fourth-order valence-electron chi connectivity index (χ4n) is 1.68. The molecule has 0 aliphatic carbocycles. The van der Waals surface area contributed by atoms with E-state index in [-0.39, 0.29) is 16.5 Å². The fourth-order valence-corrected chi connectivity index (χ4v) is 2.83. The summed E-state index contributed by atoms with van der Waals surface area (Å²) in [6, 6.07) is 1.31. The van der Waals surface area contributed by atoms with Gasteiger partial charge in [0, 0.05) is 25.9 Å². The maximum absolute atomic E-state index is 12.2. The fraction of sp³-hybridized carbons (Fsp3) is 0.273. The van der Waals surface area contributed by atoms with Crippen molar-refractivity contribution in [1.82, 2.24) is 20.1 Å².